The first-order valence-corrected chi connectivity index (χ1v) is 11.8. The summed E-state index contributed by atoms with van der Waals surface area (Å²) in [5, 5.41) is 3.63. The minimum atomic E-state index is -0.792. The molecule has 1 spiro atoms. The fourth-order valence-electron chi connectivity index (χ4n) is 6.33. The van der Waals surface area contributed by atoms with Gasteiger partial charge in [-0.25, -0.2) is 4.79 Å². The Kier molecular flexibility index (Phi) is 5.95. The summed E-state index contributed by atoms with van der Waals surface area (Å²) >= 11 is 0. The summed E-state index contributed by atoms with van der Waals surface area (Å²) in [6.45, 7) is 8.49. The second-order valence-corrected chi connectivity index (χ2v) is 9.83. The summed E-state index contributed by atoms with van der Waals surface area (Å²) in [4.78, 5) is 26.5. The van der Waals surface area contributed by atoms with E-state index < -0.39 is 11.4 Å². The van der Waals surface area contributed by atoms with E-state index in [0.29, 0.717) is 18.7 Å². The number of nitrogens with one attached hydrogen (secondary N) is 1. The molecule has 5 heteroatoms. The highest BCUT2D eigenvalue weighted by molar-refractivity contribution is 5.96. The number of carbonyl (C=O) groups is 2. The van der Waals surface area contributed by atoms with Crippen molar-refractivity contribution in [3.05, 3.63) is 52.7 Å². The lowest BCUT2D eigenvalue weighted by atomic mass is 9.57. The number of esters is 1. The van der Waals surface area contributed by atoms with Gasteiger partial charge in [-0.3, -0.25) is 4.79 Å². The van der Waals surface area contributed by atoms with E-state index in [0.717, 1.165) is 48.1 Å². The van der Waals surface area contributed by atoms with Crippen LogP contribution in [0.15, 0.2) is 41.6 Å². The second-order valence-electron chi connectivity index (χ2n) is 9.83. The molecule has 2 fully saturated rings. The number of aryl methyl sites for hydroxylation is 1. The van der Waals surface area contributed by atoms with Crippen molar-refractivity contribution in [2.75, 3.05) is 13.7 Å². The summed E-state index contributed by atoms with van der Waals surface area (Å²) < 4.78 is 10.8. The maximum Gasteiger partial charge on any atom is 0.332 e. The summed E-state index contributed by atoms with van der Waals surface area (Å²) in [5.41, 5.74) is 3.07. The zero-order valence-corrected chi connectivity index (χ0v) is 19.9. The summed E-state index contributed by atoms with van der Waals surface area (Å²) in [6.07, 6.45) is 8.28. The van der Waals surface area contributed by atoms with Crippen LogP contribution >= 0.6 is 0 Å². The SMILES string of the molecule is CCOC(=O)C=C1NC2(C)CCCCC2C12C=C(C)C(c1cc(C)ccc1OC)CC2=O. The molecule has 1 aromatic carbocycles. The Morgan fingerprint density at radius 2 is 2.06 bits per heavy atom. The number of ether oxygens (including phenoxy) is 2. The van der Waals surface area contributed by atoms with Gasteiger partial charge in [0.05, 0.1) is 19.1 Å². The Hall–Kier alpha value is -2.56. The molecule has 4 unspecified atom stereocenters. The molecular weight excluding hydrogens is 402 g/mol. The molecule has 1 saturated carbocycles. The topological polar surface area (TPSA) is 64.6 Å². The number of hydrogen-bond acceptors (Lipinski definition) is 5. The molecule has 4 rings (SSSR count). The standard InChI is InChI=1S/C27H35NO4/c1-6-32-25(30)15-23-27(22-9-7-8-12-26(22,4)28-23)16-18(3)19(14-24(27)29)20-13-17(2)10-11-21(20)31-5/h10-11,13,15-16,19,22,28H,6-9,12,14H2,1-5H3. The highest BCUT2D eigenvalue weighted by atomic mass is 16.5. The van der Waals surface area contributed by atoms with Crippen LogP contribution in [0.4, 0.5) is 0 Å². The fraction of sp³-hybridized carbons (Fsp3) is 0.556. The molecule has 3 aliphatic rings. The van der Waals surface area contributed by atoms with Gasteiger partial charge in [0.25, 0.3) is 0 Å². The predicted molar refractivity (Wildman–Crippen MR) is 125 cm³/mol. The molecule has 1 N–H and O–H groups in total. The summed E-state index contributed by atoms with van der Waals surface area (Å²) in [6, 6.07) is 6.13. The maximum atomic E-state index is 14.1. The monoisotopic (exact) mass is 437 g/mol. The molecule has 32 heavy (non-hydrogen) atoms. The van der Waals surface area contributed by atoms with Gasteiger partial charge in [0.15, 0.2) is 0 Å². The first-order chi connectivity index (χ1) is 15.2. The van der Waals surface area contributed by atoms with Gasteiger partial charge in [0.1, 0.15) is 11.5 Å². The zero-order chi connectivity index (χ0) is 23.1. The van der Waals surface area contributed by atoms with Gasteiger partial charge in [-0.2, -0.15) is 0 Å². The van der Waals surface area contributed by atoms with Crippen LogP contribution in [-0.2, 0) is 14.3 Å². The molecule has 1 aliphatic heterocycles. The van der Waals surface area contributed by atoms with Gasteiger partial charge in [0, 0.05) is 41.1 Å². The van der Waals surface area contributed by atoms with E-state index in [1.807, 2.05) is 12.1 Å². The molecular formula is C27H35NO4. The quantitative estimate of drug-likeness (QED) is 0.408. The van der Waals surface area contributed by atoms with Crippen LogP contribution in [-0.4, -0.2) is 31.0 Å². The summed E-state index contributed by atoms with van der Waals surface area (Å²) in [5.74, 6) is 0.703. The minimum absolute atomic E-state index is 0.0257. The van der Waals surface area contributed by atoms with Crippen LogP contribution < -0.4 is 10.1 Å². The fourth-order valence-corrected chi connectivity index (χ4v) is 6.33. The number of Topliss-reactive ketones (excluding diaryl/α,β-unsaturated/α-hetero) is 1. The van der Waals surface area contributed by atoms with Crippen molar-refractivity contribution < 1.29 is 19.1 Å². The lowest BCUT2D eigenvalue weighted by Crippen LogP contribution is -2.48. The first kappa shape index (κ1) is 22.6. The number of carbonyl (C=O) groups excluding carboxylic acids is 2. The molecule has 2 aliphatic carbocycles. The third kappa shape index (κ3) is 3.56. The number of rotatable bonds is 4. The molecule has 4 atom stereocenters. The van der Waals surface area contributed by atoms with Crippen molar-refractivity contribution >= 4 is 11.8 Å². The Bertz CT molecular complexity index is 993. The smallest absolute Gasteiger partial charge is 0.332 e. The molecule has 0 radical (unpaired) electrons. The molecule has 0 amide bonds. The van der Waals surface area contributed by atoms with E-state index in [1.54, 1.807) is 14.0 Å². The minimum Gasteiger partial charge on any atom is -0.496 e. The molecule has 172 valence electrons. The van der Waals surface area contributed by atoms with Gasteiger partial charge >= 0.3 is 5.97 Å². The average Bonchev–Trinajstić information content (AvgIpc) is 2.99. The van der Waals surface area contributed by atoms with E-state index in [-0.39, 0.29) is 23.2 Å². The zero-order valence-electron chi connectivity index (χ0n) is 19.9. The Labute approximate surface area is 191 Å². The predicted octanol–water partition coefficient (Wildman–Crippen LogP) is 4.99. The third-order valence-electron chi connectivity index (χ3n) is 7.79. The number of allylic oxidation sites excluding steroid dienone is 2. The van der Waals surface area contributed by atoms with Gasteiger partial charge < -0.3 is 14.8 Å². The van der Waals surface area contributed by atoms with Gasteiger partial charge in [-0.1, -0.05) is 42.2 Å². The van der Waals surface area contributed by atoms with Gasteiger partial charge in [0.2, 0.25) is 0 Å². The van der Waals surface area contributed by atoms with E-state index in [1.165, 1.54) is 6.08 Å². The first-order valence-electron chi connectivity index (χ1n) is 11.8. The molecule has 5 nitrogen and oxygen atoms in total. The number of benzene rings is 1. The molecule has 1 saturated heterocycles. The molecule has 1 heterocycles. The molecule has 1 aromatic rings. The molecule has 0 bridgehead atoms. The highest BCUT2D eigenvalue weighted by Crippen LogP contribution is 2.59. The highest BCUT2D eigenvalue weighted by Gasteiger charge is 2.62. The van der Waals surface area contributed by atoms with Crippen molar-refractivity contribution in [3.63, 3.8) is 0 Å². The second kappa shape index (κ2) is 8.42. The Morgan fingerprint density at radius 3 is 2.78 bits per heavy atom. The van der Waals surface area contributed by atoms with Crippen LogP contribution in [0.5, 0.6) is 5.75 Å². The van der Waals surface area contributed by atoms with Crippen molar-refractivity contribution in [3.8, 4) is 5.75 Å². The number of methoxy groups -OCH3 is 1. The lowest BCUT2D eigenvalue weighted by Gasteiger charge is -2.43. The van der Waals surface area contributed by atoms with Crippen LogP contribution in [0.25, 0.3) is 0 Å². The van der Waals surface area contributed by atoms with Crippen molar-refractivity contribution in [2.24, 2.45) is 11.3 Å². The van der Waals surface area contributed by atoms with Crippen molar-refractivity contribution in [2.45, 2.75) is 71.3 Å². The lowest BCUT2D eigenvalue weighted by molar-refractivity contribution is -0.137. The number of fused-ring (bicyclic) bond motifs is 2. The largest absolute Gasteiger partial charge is 0.496 e. The number of hydrogen-bond donors (Lipinski definition) is 1. The van der Waals surface area contributed by atoms with E-state index >= 15 is 0 Å². The Morgan fingerprint density at radius 1 is 1.28 bits per heavy atom. The van der Waals surface area contributed by atoms with Crippen LogP contribution in [0.3, 0.4) is 0 Å². The molecule has 0 aromatic heterocycles. The third-order valence-corrected chi connectivity index (χ3v) is 7.79. The van der Waals surface area contributed by atoms with Crippen LogP contribution in [0.1, 0.15) is 69.9 Å². The van der Waals surface area contributed by atoms with E-state index in [4.69, 9.17) is 9.47 Å². The van der Waals surface area contributed by atoms with Gasteiger partial charge in [-0.05, 0) is 46.6 Å². The van der Waals surface area contributed by atoms with E-state index in [9.17, 15) is 9.59 Å². The Balaban J connectivity index is 1.84. The maximum absolute atomic E-state index is 14.1. The van der Waals surface area contributed by atoms with E-state index in [2.05, 4.69) is 38.2 Å². The van der Waals surface area contributed by atoms with Crippen molar-refractivity contribution in [1.82, 2.24) is 5.32 Å². The number of ketones is 1. The van der Waals surface area contributed by atoms with Crippen LogP contribution in [0.2, 0.25) is 0 Å². The van der Waals surface area contributed by atoms with Crippen molar-refractivity contribution in [1.29, 1.82) is 0 Å². The van der Waals surface area contributed by atoms with Crippen LogP contribution in [0, 0.1) is 18.3 Å². The normalized spacial score (nSPS) is 33.0. The average molecular weight is 438 g/mol. The summed E-state index contributed by atoms with van der Waals surface area (Å²) in [7, 11) is 1.67. The van der Waals surface area contributed by atoms with Gasteiger partial charge in [-0.15, -0.1) is 0 Å².